The molecule has 0 aromatic carbocycles. The molecular formula is C11H17NO3. The Balaban J connectivity index is 2.55. The molecule has 84 valence electrons. The van der Waals surface area contributed by atoms with E-state index in [9.17, 15) is 9.59 Å². The number of hydrogen-bond acceptors (Lipinski definition) is 2. The highest BCUT2D eigenvalue weighted by Gasteiger charge is 2.42. The molecule has 0 unspecified atom stereocenters. The van der Waals surface area contributed by atoms with Crippen molar-refractivity contribution in [2.45, 2.75) is 44.1 Å². The predicted molar refractivity (Wildman–Crippen MR) is 56.4 cm³/mol. The monoisotopic (exact) mass is 211 g/mol. The van der Waals surface area contributed by atoms with Crippen molar-refractivity contribution in [2.75, 3.05) is 0 Å². The van der Waals surface area contributed by atoms with Gasteiger partial charge >= 0.3 is 5.97 Å². The van der Waals surface area contributed by atoms with Crippen LogP contribution in [-0.2, 0) is 9.59 Å². The number of amides is 1. The van der Waals surface area contributed by atoms with Gasteiger partial charge in [-0.25, -0.2) is 4.79 Å². The summed E-state index contributed by atoms with van der Waals surface area (Å²) in [6.07, 6.45) is 5.38. The van der Waals surface area contributed by atoms with E-state index in [1.807, 2.05) is 0 Å². The van der Waals surface area contributed by atoms with E-state index in [-0.39, 0.29) is 5.91 Å². The van der Waals surface area contributed by atoms with Gasteiger partial charge in [0.15, 0.2) is 0 Å². The van der Waals surface area contributed by atoms with E-state index in [4.69, 9.17) is 5.11 Å². The Kier molecular flexibility index (Phi) is 3.88. The Labute approximate surface area is 89.4 Å². The van der Waals surface area contributed by atoms with Crippen LogP contribution in [0.25, 0.3) is 0 Å². The van der Waals surface area contributed by atoms with Crippen molar-refractivity contribution in [3.8, 4) is 0 Å². The molecule has 1 fully saturated rings. The summed E-state index contributed by atoms with van der Waals surface area (Å²) in [5, 5.41) is 11.7. The highest BCUT2D eigenvalue weighted by atomic mass is 16.4. The molecule has 1 rings (SSSR count). The van der Waals surface area contributed by atoms with Crippen molar-refractivity contribution in [3.63, 3.8) is 0 Å². The van der Waals surface area contributed by atoms with Crippen LogP contribution in [0.2, 0.25) is 0 Å². The van der Waals surface area contributed by atoms with Gasteiger partial charge in [0.2, 0.25) is 5.91 Å². The average molecular weight is 211 g/mol. The zero-order chi connectivity index (χ0) is 11.3. The topological polar surface area (TPSA) is 66.4 Å². The maximum Gasteiger partial charge on any atom is 0.329 e. The molecule has 0 saturated heterocycles. The molecule has 0 radical (unpaired) electrons. The maximum absolute atomic E-state index is 11.4. The largest absolute Gasteiger partial charge is 0.480 e. The minimum Gasteiger partial charge on any atom is -0.480 e. The number of nitrogens with one attached hydrogen (secondary N) is 1. The molecule has 0 aliphatic heterocycles. The van der Waals surface area contributed by atoms with Gasteiger partial charge in [0.05, 0.1) is 0 Å². The molecule has 1 amide bonds. The van der Waals surface area contributed by atoms with E-state index in [0.29, 0.717) is 25.7 Å². The summed E-state index contributed by atoms with van der Waals surface area (Å²) in [4.78, 5) is 22.5. The number of hydrogen-bond donors (Lipinski definition) is 2. The van der Waals surface area contributed by atoms with Gasteiger partial charge < -0.3 is 10.4 Å². The molecule has 0 spiro atoms. The fraction of sp³-hybridized carbons (Fsp3) is 0.636. The standard InChI is InChI=1S/C11H17NO3/c1-2-3-6-9(13)12-11(10(14)15)7-4-5-8-11/h2H,1,3-8H2,(H,12,13)(H,14,15). The van der Waals surface area contributed by atoms with Crippen LogP contribution in [0.1, 0.15) is 38.5 Å². The summed E-state index contributed by atoms with van der Waals surface area (Å²) < 4.78 is 0. The van der Waals surface area contributed by atoms with E-state index in [0.717, 1.165) is 12.8 Å². The first kappa shape index (κ1) is 11.8. The molecule has 15 heavy (non-hydrogen) atoms. The van der Waals surface area contributed by atoms with Gasteiger partial charge in [-0.3, -0.25) is 4.79 Å². The molecule has 0 heterocycles. The fourth-order valence-corrected chi connectivity index (χ4v) is 1.93. The zero-order valence-electron chi connectivity index (χ0n) is 8.79. The zero-order valence-corrected chi connectivity index (χ0v) is 8.79. The van der Waals surface area contributed by atoms with Gasteiger partial charge in [-0.15, -0.1) is 6.58 Å². The van der Waals surface area contributed by atoms with Gasteiger partial charge in [-0.1, -0.05) is 18.9 Å². The van der Waals surface area contributed by atoms with Crippen LogP contribution in [0.4, 0.5) is 0 Å². The molecule has 4 heteroatoms. The lowest BCUT2D eigenvalue weighted by atomic mass is 9.97. The first-order chi connectivity index (χ1) is 7.10. The second-order valence-corrected chi connectivity index (χ2v) is 3.97. The van der Waals surface area contributed by atoms with Gasteiger partial charge in [-0.2, -0.15) is 0 Å². The number of carboxylic acids is 1. The molecule has 2 N–H and O–H groups in total. The van der Waals surface area contributed by atoms with Crippen molar-refractivity contribution >= 4 is 11.9 Å². The Morgan fingerprint density at radius 1 is 1.40 bits per heavy atom. The van der Waals surface area contributed by atoms with Crippen LogP contribution in [0, 0.1) is 0 Å². The lowest BCUT2D eigenvalue weighted by Gasteiger charge is -2.25. The highest BCUT2D eigenvalue weighted by molar-refractivity contribution is 5.87. The third-order valence-electron chi connectivity index (χ3n) is 2.82. The number of allylic oxidation sites excluding steroid dienone is 1. The van der Waals surface area contributed by atoms with Gasteiger partial charge in [0, 0.05) is 6.42 Å². The van der Waals surface area contributed by atoms with Crippen molar-refractivity contribution in [1.82, 2.24) is 5.32 Å². The van der Waals surface area contributed by atoms with Gasteiger partial charge in [0.1, 0.15) is 5.54 Å². The molecule has 0 aromatic rings. The molecular weight excluding hydrogens is 194 g/mol. The average Bonchev–Trinajstić information content (AvgIpc) is 2.64. The summed E-state index contributed by atoms with van der Waals surface area (Å²) in [5.74, 6) is -1.11. The summed E-state index contributed by atoms with van der Waals surface area (Å²) >= 11 is 0. The second kappa shape index (κ2) is 4.96. The van der Waals surface area contributed by atoms with Crippen molar-refractivity contribution < 1.29 is 14.7 Å². The summed E-state index contributed by atoms with van der Waals surface area (Å²) in [5.41, 5.74) is -1.00. The first-order valence-corrected chi connectivity index (χ1v) is 5.26. The SMILES string of the molecule is C=CCCC(=O)NC1(C(=O)O)CCCC1. The third kappa shape index (κ3) is 2.81. The van der Waals surface area contributed by atoms with Crippen LogP contribution in [0.15, 0.2) is 12.7 Å². The van der Waals surface area contributed by atoms with E-state index in [2.05, 4.69) is 11.9 Å². The van der Waals surface area contributed by atoms with Crippen molar-refractivity contribution in [3.05, 3.63) is 12.7 Å². The molecule has 1 saturated carbocycles. The van der Waals surface area contributed by atoms with Crippen LogP contribution >= 0.6 is 0 Å². The fourth-order valence-electron chi connectivity index (χ4n) is 1.93. The lowest BCUT2D eigenvalue weighted by Crippen LogP contribution is -2.52. The predicted octanol–water partition coefficient (Wildman–Crippen LogP) is 1.47. The molecule has 1 aliphatic rings. The summed E-state index contributed by atoms with van der Waals surface area (Å²) in [7, 11) is 0. The number of carbonyl (C=O) groups is 2. The normalized spacial score (nSPS) is 18.4. The van der Waals surface area contributed by atoms with Crippen LogP contribution < -0.4 is 5.32 Å². The summed E-state index contributed by atoms with van der Waals surface area (Å²) in [6, 6.07) is 0. The Morgan fingerprint density at radius 3 is 2.47 bits per heavy atom. The van der Waals surface area contributed by atoms with E-state index < -0.39 is 11.5 Å². The van der Waals surface area contributed by atoms with Crippen LogP contribution in [0.3, 0.4) is 0 Å². The summed E-state index contributed by atoms with van der Waals surface area (Å²) in [6.45, 7) is 3.52. The van der Waals surface area contributed by atoms with Crippen molar-refractivity contribution in [1.29, 1.82) is 0 Å². The van der Waals surface area contributed by atoms with Gasteiger partial charge in [0.25, 0.3) is 0 Å². The molecule has 0 aromatic heterocycles. The smallest absolute Gasteiger partial charge is 0.329 e. The van der Waals surface area contributed by atoms with E-state index in [1.165, 1.54) is 0 Å². The highest BCUT2D eigenvalue weighted by Crippen LogP contribution is 2.29. The minimum atomic E-state index is -1.00. The quantitative estimate of drug-likeness (QED) is 0.677. The Hall–Kier alpha value is -1.32. The van der Waals surface area contributed by atoms with Crippen LogP contribution in [-0.4, -0.2) is 22.5 Å². The minimum absolute atomic E-state index is 0.195. The molecule has 0 bridgehead atoms. The van der Waals surface area contributed by atoms with Crippen molar-refractivity contribution in [2.24, 2.45) is 0 Å². The Bertz CT molecular complexity index is 267. The third-order valence-corrected chi connectivity index (χ3v) is 2.82. The number of rotatable bonds is 5. The Morgan fingerprint density at radius 2 is 2.00 bits per heavy atom. The van der Waals surface area contributed by atoms with E-state index in [1.54, 1.807) is 6.08 Å². The number of aliphatic carboxylic acids is 1. The lowest BCUT2D eigenvalue weighted by molar-refractivity contribution is -0.147. The first-order valence-electron chi connectivity index (χ1n) is 5.26. The molecule has 1 aliphatic carbocycles. The van der Waals surface area contributed by atoms with E-state index >= 15 is 0 Å². The number of carbonyl (C=O) groups excluding carboxylic acids is 1. The van der Waals surface area contributed by atoms with Gasteiger partial charge in [-0.05, 0) is 19.3 Å². The second-order valence-electron chi connectivity index (χ2n) is 3.97. The van der Waals surface area contributed by atoms with Crippen LogP contribution in [0.5, 0.6) is 0 Å². The maximum atomic E-state index is 11.4. The molecule has 0 atom stereocenters. The number of carboxylic acid groups (broad SMARTS) is 1. The molecule has 4 nitrogen and oxygen atoms in total.